The molecular weight excluding hydrogens is 279 g/mol. The Balaban J connectivity index is 1.74. The summed E-state index contributed by atoms with van der Waals surface area (Å²) in [5.74, 6) is -0.485. The normalized spacial score (nSPS) is 11.9. The predicted octanol–water partition coefficient (Wildman–Crippen LogP) is 3.13. The van der Waals surface area contributed by atoms with Crippen molar-refractivity contribution in [2.75, 3.05) is 11.9 Å². The van der Waals surface area contributed by atoms with Gasteiger partial charge >= 0.3 is 6.03 Å². The van der Waals surface area contributed by atoms with Crippen LogP contribution in [0.5, 0.6) is 0 Å². The average molecular weight is 294 g/mol. The smallest absolute Gasteiger partial charge is 0.319 e. The summed E-state index contributed by atoms with van der Waals surface area (Å²) in [5, 5.41) is 18.6. The molecule has 20 heavy (non-hydrogen) atoms. The van der Waals surface area contributed by atoms with Gasteiger partial charge in [-0.2, -0.15) is 11.3 Å². The van der Waals surface area contributed by atoms with Crippen molar-refractivity contribution in [1.82, 2.24) is 5.32 Å². The lowest BCUT2D eigenvalue weighted by atomic mass is 10.1. The summed E-state index contributed by atoms with van der Waals surface area (Å²) in [5.41, 5.74) is 0.967. The van der Waals surface area contributed by atoms with E-state index in [1.165, 1.54) is 23.5 Å². The van der Waals surface area contributed by atoms with E-state index >= 15 is 0 Å². The van der Waals surface area contributed by atoms with Gasteiger partial charge in [0.15, 0.2) is 0 Å². The van der Waals surface area contributed by atoms with Crippen molar-refractivity contribution >= 4 is 23.1 Å². The van der Waals surface area contributed by atoms with Gasteiger partial charge in [-0.15, -0.1) is 0 Å². The monoisotopic (exact) mass is 294 g/mol. The Morgan fingerprint density at radius 1 is 1.35 bits per heavy atom. The molecule has 0 saturated heterocycles. The number of nitrogens with one attached hydrogen (secondary N) is 2. The molecule has 6 heteroatoms. The molecule has 0 aliphatic heterocycles. The Morgan fingerprint density at radius 2 is 2.15 bits per heavy atom. The molecule has 4 nitrogen and oxygen atoms in total. The van der Waals surface area contributed by atoms with E-state index in [9.17, 15) is 14.3 Å². The molecule has 3 N–H and O–H groups in total. The summed E-state index contributed by atoms with van der Waals surface area (Å²) in [6.45, 7) is 0.303. The molecule has 0 spiro atoms. The third kappa shape index (κ3) is 4.04. The number of rotatable bonds is 5. The van der Waals surface area contributed by atoms with Gasteiger partial charge in [-0.1, -0.05) is 12.1 Å². The van der Waals surface area contributed by atoms with Crippen LogP contribution in [0.1, 0.15) is 18.1 Å². The molecule has 106 valence electrons. The first-order valence-corrected chi connectivity index (χ1v) is 7.10. The minimum Gasteiger partial charge on any atom is -0.388 e. The van der Waals surface area contributed by atoms with Crippen molar-refractivity contribution in [3.05, 3.63) is 52.5 Å². The van der Waals surface area contributed by atoms with Crippen molar-refractivity contribution < 1.29 is 14.3 Å². The highest BCUT2D eigenvalue weighted by atomic mass is 32.1. The molecule has 0 fully saturated rings. The first kappa shape index (κ1) is 14.5. The number of aliphatic hydroxyl groups is 1. The van der Waals surface area contributed by atoms with Crippen LogP contribution in [0.4, 0.5) is 14.9 Å². The summed E-state index contributed by atoms with van der Waals surface area (Å²) in [6.07, 6.45) is -0.198. The van der Waals surface area contributed by atoms with Crippen molar-refractivity contribution in [1.29, 1.82) is 0 Å². The van der Waals surface area contributed by atoms with Crippen molar-refractivity contribution in [2.45, 2.75) is 12.5 Å². The lowest BCUT2D eigenvalue weighted by molar-refractivity contribution is 0.168. The molecule has 0 radical (unpaired) electrons. The largest absolute Gasteiger partial charge is 0.388 e. The zero-order chi connectivity index (χ0) is 14.4. The van der Waals surface area contributed by atoms with Gasteiger partial charge in [-0.3, -0.25) is 0 Å². The summed E-state index contributed by atoms with van der Waals surface area (Å²) in [7, 11) is 0. The fourth-order valence-corrected chi connectivity index (χ4v) is 2.39. The van der Waals surface area contributed by atoms with Gasteiger partial charge in [-0.05, 0) is 40.9 Å². The van der Waals surface area contributed by atoms with E-state index in [0.717, 1.165) is 5.56 Å². The second-order valence-corrected chi connectivity index (χ2v) is 5.00. The molecule has 0 aliphatic rings. The highest BCUT2D eigenvalue weighted by Crippen LogP contribution is 2.18. The van der Waals surface area contributed by atoms with Gasteiger partial charge in [0, 0.05) is 6.54 Å². The van der Waals surface area contributed by atoms with Crippen LogP contribution in [0, 0.1) is 5.82 Å². The highest BCUT2D eigenvalue weighted by Gasteiger charge is 2.09. The van der Waals surface area contributed by atoms with Gasteiger partial charge in [0.1, 0.15) is 5.82 Å². The van der Waals surface area contributed by atoms with Crippen molar-refractivity contribution in [2.24, 2.45) is 0 Å². The summed E-state index contributed by atoms with van der Waals surface area (Å²) in [4.78, 5) is 11.6. The quantitative estimate of drug-likeness (QED) is 0.793. The molecule has 1 aromatic carbocycles. The fourth-order valence-electron chi connectivity index (χ4n) is 1.68. The van der Waals surface area contributed by atoms with Gasteiger partial charge < -0.3 is 15.7 Å². The number of urea groups is 1. The number of aliphatic hydroxyl groups excluding tert-OH is 1. The zero-order valence-corrected chi connectivity index (χ0v) is 11.5. The molecule has 2 amide bonds. The number of anilines is 1. The van der Waals surface area contributed by atoms with E-state index in [0.29, 0.717) is 13.0 Å². The maximum atomic E-state index is 13.3. The topological polar surface area (TPSA) is 61.4 Å². The van der Waals surface area contributed by atoms with E-state index < -0.39 is 18.0 Å². The number of para-hydroxylation sites is 1. The molecule has 0 saturated carbocycles. The van der Waals surface area contributed by atoms with Gasteiger partial charge in [0.2, 0.25) is 0 Å². The molecule has 2 aromatic rings. The highest BCUT2D eigenvalue weighted by molar-refractivity contribution is 7.07. The number of halogens is 1. The van der Waals surface area contributed by atoms with Crippen LogP contribution in [0.15, 0.2) is 41.1 Å². The van der Waals surface area contributed by atoms with Crippen LogP contribution in [0.3, 0.4) is 0 Å². The van der Waals surface area contributed by atoms with Crippen LogP contribution in [-0.4, -0.2) is 17.7 Å². The van der Waals surface area contributed by atoms with E-state index in [1.54, 1.807) is 12.1 Å². The number of carbonyl (C=O) groups excluding carboxylic acids is 1. The molecule has 1 unspecified atom stereocenters. The number of carbonyl (C=O) groups is 1. The third-order valence-corrected chi connectivity index (χ3v) is 3.45. The molecular formula is C14H15FN2O2S. The SMILES string of the molecule is O=C(NCCC(O)c1ccsc1)Nc1ccccc1F. The molecule has 0 aliphatic carbocycles. The van der Waals surface area contributed by atoms with E-state index in [2.05, 4.69) is 10.6 Å². The second kappa shape index (κ2) is 7.02. The van der Waals surface area contributed by atoms with Crippen LogP contribution >= 0.6 is 11.3 Å². The standard InChI is InChI=1S/C14H15FN2O2S/c15-11-3-1-2-4-12(11)17-14(19)16-7-5-13(18)10-6-8-20-9-10/h1-4,6,8-9,13,18H,5,7H2,(H2,16,17,19). The first-order valence-electron chi connectivity index (χ1n) is 6.16. The Morgan fingerprint density at radius 3 is 2.85 bits per heavy atom. The van der Waals surface area contributed by atoms with E-state index in [1.807, 2.05) is 16.8 Å². The average Bonchev–Trinajstić information content (AvgIpc) is 2.95. The Labute approximate surface area is 120 Å². The minimum atomic E-state index is -0.602. The van der Waals surface area contributed by atoms with Crippen molar-refractivity contribution in [3.63, 3.8) is 0 Å². The zero-order valence-electron chi connectivity index (χ0n) is 10.7. The van der Waals surface area contributed by atoms with Crippen LogP contribution in [-0.2, 0) is 0 Å². The Bertz CT molecular complexity index is 560. The van der Waals surface area contributed by atoms with Crippen LogP contribution < -0.4 is 10.6 Å². The molecule has 1 heterocycles. The Kier molecular flexibility index (Phi) is 5.09. The Hall–Kier alpha value is -1.92. The third-order valence-electron chi connectivity index (χ3n) is 2.75. The minimum absolute atomic E-state index is 0.128. The predicted molar refractivity (Wildman–Crippen MR) is 77.3 cm³/mol. The van der Waals surface area contributed by atoms with Gasteiger partial charge in [-0.25, -0.2) is 9.18 Å². The summed E-state index contributed by atoms with van der Waals surface area (Å²) < 4.78 is 13.3. The van der Waals surface area contributed by atoms with Crippen LogP contribution in [0.25, 0.3) is 0 Å². The van der Waals surface area contributed by atoms with Gasteiger partial charge in [0.25, 0.3) is 0 Å². The van der Waals surface area contributed by atoms with Crippen LogP contribution in [0.2, 0.25) is 0 Å². The van der Waals surface area contributed by atoms with E-state index in [4.69, 9.17) is 0 Å². The molecule has 2 rings (SSSR count). The molecule has 1 aromatic heterocycles. The first-order chi connectivity index (χ1) is 9.66. The number of thiophene rings is 1. The summed E-state index contributed by atoms with van der Waals surface area (Å²) in [6, 6.07) is 7.29. The second-order valence-electron chi connectivity index (χ2n) is 4.22. The maximum Gasteiger partial charge on any atom is 0.319 e. The number of hydrogen-bond acceptors (Lipinski definition) is 3. The molecule has 1 atom stereocenters. The van der Waals surface area contributed by atoms with Crippen molar-refractivity contribution in [3.8, 4) is 0 Å². The lowest BCUT2D eigenvalue weighted by Gasteiger charge is -2.11. The molecule has 0 bridgehead atoms. The fraction of sp³-hybridized carbons (Fsp3) is 0.214. The lowest BCUT2D eigenvalue weighted by Crippen LogP contribution is -2.30. The number of benzene rings is 1. The van der Waals surface area contributed by atoms with E-state index in [-0.39, 0.29) is 5.69 Å². The number of amides is 2. The summed E-state index contributed by atoms with van der Waals surface area (Å²) >= 11 is 1.51. The van der Waals surface area contributed by atoms with Gasteiger partial charge in [0.05, 0.1) is 11.8 Å². The number of hydrogen-bond donors (Lipinski definition) is 3. The maximum absolute atomic E-state index is 13.3.